The number of ketones is 1. The maximum Gasteiger partial charge on any atom is 0.300 e. The molecule has 1 unspecified atom stereocenters. The number of carbonyl (C=O) groups excluding carboxylic acids is 2. The molecule has 0 radical (unpaired) electrons. The monoisotopic (exact) mass is 447 g/mol. The number of carbonyl (C=O) groups is 2. The minimum absolute atomic E-state index is 0.00300. The normalized spacial score (nSPS) is 18.9. The summed E-state index contributed by atoms with van der Waals surface area (Å²) in [5.74, 6) is -0.676. The molecule has 1 atom stereocenters. The van der Waals surface area contributed by atoms with Crippen LogP contribution < -0.4 is 14.4 Å². The van der Waals surface area contributed by atoms with Crippen molar-refractivity contribution < 1.29 is 24.2 Å². The molecule has 32 heavy (non-hydrogen) atoms. The van der Waals surface area contributed by atoms with Gasteiger partial charge in [-0.05, 0) is 42.3 Å². The van der Waals surface area contributed by atoms with Gasteiger partial charge < -0.3 is 14.6 Å². The predicted octanol–water partition coefficient (Wildman–Crippen LogP) is 5.00. The molecule has 7 heteroatoms. The number of aliphatic hydroxyl groups is 1. The molecule has 2 aliphatic rings. The van der Waals surface area contributed by atoms with Crippen molar-refractivity contribution in [3.8, 4) is 11.5 Å². The summed E-state index contributed by atoms with van der Waals surface area (Å²) in [7, 11) is 0. The molecule has 1 fully saturated rings. The summed E-state index contributed by atoms with van der Waals surface area (Å²) in [6.07, 6.45) is 0. The van der Waals surface area contributed by atoms with E-state index in [-0.39, 0.29) is 18.1 Å². The number of anilines is 1. The van der Waals surface area contributed by atoms with Crippen molar-refractivity contribution in [2.75, 3.05) is 11.7 Å². The summed E-state index contributed by atoms with van der Waals surface area (Å²) in [5.41, 5.74) is 2.34. The van der Waals surface area contributed by atoms with Crippen LogP contribution in [0.3, 0.4) is 0 Å². The van der Waals surface area contributed by atoms with Crippen LogP contribution in [0.15, 0.2) is 72.3 Å². The van der Waals surface area contributed by atoms with Crippen LogP contribution in [0.1, 0.15) is 22.7 Å². The fourth-order valence-corrected chi connectivity index (χ4v) is 4.16. The third kappa shape index (κ3) is 3.20. The van der Waals surface area contributed by atoms with Crippen LogP contribution in [-0.2, 0) is 9.59 Å². The number of nitrogens with zero attached hydrogens (tertiary/aromatic N) is 1. The highest BCUT2D eigenvalue weighted by atomic mass is 35.5. The van der Waals surface area contributed by atoms with E-state index in [9.17, 15) is 14.7 Å². The second-order valence-electron chi connectivity index (χ2n) is 7.58. The van der Waals surface area contributed by atoms with Crippen LogP contribution in [0.25, 0.3) is 5.76 Å². The first-order chi connectivity index (χ1) is 15.5. The van der Waals surface area contributed by atoms with E-state index in [4.69, 9.17) is 21.1 Å². The molecular formula is C25H18ClNO5. The Morgan fingerprint density at radius 3 is 2.50 bits per heavy atom. The number of hydrogen-bond acceptors (Lipinski definition) is 5. The highest BCUT2D eigenvalue weighted by Crippen LogP contribution is 2.45. The van der Waals surface area contributed by atoms with Gasteiger partial charge in [0.15, 0.2) is 11.5 Å². The Hall–Kier alpha value is -3.77. The number of aryl methyl sites for hydroxylation is 1. The Bertz CT molecular complexity index is 1280. The SMILES string of the molecule is Cc1ccc(N2C(=O)C(=O)/C(=C(\O)c3ccccc3)C2c2ccc3c(c2)OCO3)cc1Cl. The van der Waals surface area contributed by atoms with E-state index in [0.717, 1.165) is 5.56 Å². The number of ether oxygens (including phenoxy) is 2. The summed E-state index contributed by atoms with van der Waals surface area (Å²) in [6, 6.07) is 18.2. The molecule has 1 saturated heterocycles. The average Bonchev–Trinajstić information content (AvgIpc) is 3.38. The first-order valence-corrected chi connectivity index (χ1v) is 10.4. The number of hydrogen-bond donors (Lipinski definition) is 1. The Morgan fingerprint density at radius 1 is 1.00 bits per heavy atom. The van der Waals surface area contributed by atoms with Crippen LogP contribution in [0.5, 0.6) is 11.5 Å². The zero-order valence-corrected chi connectivity index (χ0v) is 17.8. The lowest BCUT2D eigenvalue weighted by Gasteiger charge is -2.26. The summed E-state index contributed by atoms with van der Waals surface area (Å²) in [6.45, 7) is 1.95. The van der Waals surface area contributed by atoms with Gasteiger partial charge >= 0.3 is 0 Å². The molecule has 0 saturated carbocycles. The summed E-state index contributed by atoms with van der Waals surface area (Å²) in [4.78, 5) is 27.7. The van der Waals surface area contributed by atoms with Crippen LogP contribution >= 0.6 is 11.6 Å². The minimum atomic E-state index is -0.872. The largest absolute Gasteiger partial charge is 0.507 e. The van der Waals surface area contributed by atoms with Gasteiger partial charge in [0.1, 0.15) is 5.76 Å². The summed E-state index contributed by atoms with van der Waals surface area (Å²) < 4.78 is 10.9. The maximum absolute atomic E-state index is 13.2. The number of benzene rings is 3. The van der Waals surface area contributed by atoms with E-state index in [1.54, 1.807) is 66.7 Å². The second-order valence-corrected chi connectivity index (χ2v) is 7.99. The summed E-state index contributed by atoms with van der Waals surface area (Å²) in [5, 5.41) is 11.6. The summed E-state index contributed by atoms with van der Waals surface area (Å²) >= 11 is 6.32. The predicted molar refractivity (Wildman–Crippen MR) is 120 cm³/mol. The van der Waals surface area contributed by atoms with E-state index in [1.165, 1.54) is 4.90 Å². The molecule has 1 N–H and O–H groups in total. The fourth-order valence-electron chi connectivity index (χ4n) is 3.98. The highest BCUT2D eigenvalue weighted by Gasteiger charge is 2.47. The molecule has 6 nitrogen and oxygen atoms in total. The zero-order chi connectivity index (χ0) is 22.4. The number of amides is 1. The first kappa shape index (κ1) is 20.2. The van der Waals surface area contributed by atoms with Gasteiger partial charge in [0.05, 0.1) is 11.6 Å². The van der Waals surface area contributed by atoms with E-state index in [1.807, 2.05) is 6.92 Å². The third-order valence-electron chi connectivity index (χ3n) is 5.64. The maximum atomic E-state index is 13.2. The highest BCUT2D eigenvalue weighted by molar-refractivity contribution is 6.51. The molecule has 0 bridgehead atoms. The van der Waals surface area contributed by atoms with Crippen molar-refractivity contribution in [2.24, 2.45) is 0 Å². The fraction of sp³-hybridized carbons (Fsp3) is 0.120. The first-order valence-electron chi connectivity index (χ1n) is 9.98. The second kappa shape index (κ2) is 7.73. The van der Waals surface area contributed by atoms with Crippen LogP contribution in [0.4, 0.5) is 5.69 Å². The molecule has 0 aliphatic carbocycles. The number of aliphatic hydroxyl groups excluding tert-OH is 1. The molecule has 2 heterocycles. The topological polar surface area (TPSA) is 76.1 Å². The lowest BCUT2D eigenvalue weighted by atomic mass is 9.94. The van der Waals surface area contributed by atoms with Gasteiger partial charge in [0.2, 0.25) is 6.79 Å². The van der Waals surface area contributed by atoms with Gasteiger partial charge in [0.25, 0.3) is 11.7 Å². The van der Waals surface area contributed by atoms with E-state index in [2.05, 4.69) is 0 Å². The smallest absolute Gasteiger partial charge is 0.300 e. The molecule has 0 spiro atoms. The average molecular weight is 448 g/mol. The van der Waals surface area contributed by atoms with E-state index >= 15 is 0 Å². The quantitative estimate of drug-likeness (QED) is 0.347. The molecular weight excluding hydrogens is 430 g/mol. The Kier molecular flexibility index (Phi) is 4.87. The van der Waals surface area contributed by atoms with Crippen LogP contribution in [-0.4, -0.2) is 23.6 Å². The van der Waals surface area contributed by atoms with Crippen molar-refractivity contribution in [1.82, 2.24) is 0 Å². The van der Waals surface area contributed by atoms with Crippen LogP contribution in [0, 0.1) is 6.92 Å². The number of Topliss-reactive ketones (excluding diaryl/α,β-unsaturated/α-hetero) is 1. The molecule has 2 aliphatic heterocycles. The van der Waals surface area contributed by atoms with E-state index < -0.39 is 17.7 Å². The molecule has 0 aromatic heterocycles. The van der Waals surface area contributed by atoms with Crippen molar-refractivity contribution >= 4 is 34.7 Å². The van der Waals surface area contributed by atoms with Crippen LogP contribution in [0.2, 0.25) is 5.02 Å². The van der Waals surface area contributed by atoms with Crippen molar-refractivity contribution in [2.45, 2.75) is 13.0 Å². The molecule has 160 valence electrons. The molecule has 3 aromatic rings. The van der Waals surface area contributed by atoms with Crippen molar-refractivity contribution in [3.05, 3.63) is 94.0 Å². The zero-order valence-electron chi connectivity index (χ0n) is 17.0. The van der Waals surface area contributed by atoms with Gasteiger partial charge in [0, 0.05) is 16.3 Å². The Labute approximate surface area is 189 Å². The van der Waals surface area contributed by atoms with Gasteiger partial charge in [-0.2, -0.15) is 0 Å². The number of halogens is 1. The van der Waals surface area contributed by atoms with Crippen molar-refractivity contribution in [1.29, 1.82) is 0 Å². The Balaban J connectivity index is 1.73. The molecule has 3 aromatic carbocycles. The molecule has 1 amide bonds. The third-order valence-corrected chi connectivity index (χ3v) is 6.04. The van der Waals surface area contributed by atoms with Gasteiger partial charge in [-0.15, -0.1) is 0 Å². The number of rotatable bonds is 3. The van der Waals surface area contributed by atoms with Crippen molar-refractivity contribution in [3.63, 3.8) is 0 Å². The van der Waals surface area contributed by atoms with Gasteiger partial charge in [-0.3, -0.25) is 14.5 Å². The van der Waals surface area contributed by atoms with E-state index in [0.29, 0.717) is 33.3 Å². The minimum Gasteiger partial charge on any atom is -0.507 e. The Morgan fingerprint density at radius 2 is 1.75 bits per heavy atom. The number of fused-ring (bicyclic) bond motifs is 1. The van der Waals surface area contributed by atoms with Gasteiger partial charge in [-0.1, -0.05) is 54.1 Å². The lowest BCUT2D eigenvalue weighted by Crippen LogP contribution is -2.29. The standard InChI is InChI=1S/C25H18ClNO5/c1-14-7-9-17(12-18(14)26)27-22(16-8-10-19-20(11-16)32-13-31-19)21(24(29)25(27)30)23(28)15-5-3-2-4-6-15/h2-12,22,28H,13H2,1H3/b23-21-. The van der Waals surface area contributed by atoms with Gasteiger partial charge in [-0.25, -0.2) is 0 Å². The lowest BCUT2D eigenvalue weighted by molar-refractivity contribution is -0.132. The molecule has 5 rings (SSSR count).